The Kier molecular flexibility index (Phi) is 4.60. The van der Waals surface area contributed by atoms with Crippen molar-refractivity contribution in [2.75, 3.05) is 0 Å². The summed E-state index contributed by atoms with van der Waals surface area (Å²) in [6.45, 7) is 0. The molecule has 0 unspecified atom stereocenters. The first-order valence-corrected chi connectivity index (χ1v) is 8.87. The molecule has 140 valence electrons. The lowest BCUT2D eigenvalue weighted by atomic mass is 10.0. The van der Waals surface area contributed by atoms with Crippen molar-refractivity contribution in [2.24, 2.45) is 5.92 Å². The smallest absolute Gasteiger partial charge is 0.313 e. The van der Waals surface area contributed by atoms with E-state index in [2.05, 4.69) is 38.4 Å². The van der Waals surface area contributed by atoms with Gasteiger partial charge in [0.1, 0.15) is 11.8 Å². The summed E-state index contributed by atoms with van der Waals surface area (Å²) in [5.41, 5.74) is 1.89. The normalized spacial score (nSPS) is 17.6. The van der Waals surface area contributed by atoms with E-state index in [-0.39, 0.29) is 23.1 Å². The van der Waals surface area contributed by atoms with Crippen LogP contribution in [0.4, 0.5) is 0 Å². The summed E-state index contributed by atoms with van der Waals surface area (Å²) in [5, 5.41) is 26.2. The Morgan fingerprint density at radius 3 is 2.59 bits per heavy atom. The molecule has 0 aliphatic heterocycles. The second-order valence-electron chi connectivity index (χ2n) is 6.73. The Hall–Kier alpha value is -4.30. The van der Waals surface area contributed by atoms with Crippen LogP contribution in [0, 0.1) is 28.6 Å². The van der Waals surface area contributed by atoms with E-state index in [9.17, 15) is 14.9 Å². The number of nitrogens with zero attached hydrogens (tertiary/aromatic N) is 4. The molecule has 1 fully saturated rings. The fraction of sp³-hybridized carbons (Fsp3) is 0.143. The SMILES string of the molecule is N#Cc1ccc(/C=C/[C@H]2C[C@@H]2c2cc(-c3c[nH]c(=O)[nH]c3=O)nnc2C#N)cc1. The lowest BCUT2D eigenvalue weighted by Gasteiger charge is -2.04. The van der Waals surface area contributed by atoms with Crippen molar-refractivity contribution in [1.29, 1.82) is 10.5 Å². The molecule has 1 aliphatic rings. The van der Waals surface area contributed by atoms with E-state index in [4.69, 9.17) is 5.26 Å². The van der Waals surface area contributed by atoms with E-state index in [0.717, 1.165) is 17.5 Å². The van der Waals surface area contributed by atoms with Crippen molar-refractivity contribution < 1.29 is 0 Å². The second-order valence-corrected chi connectivity index (χ2v) is 6.73. The molecule has 0 saturated heterocycles. The summed E-state index contributed by atoms with van der Waals surface area (Å²) in [4.78, 5) is 27.8. The molecule has 1 aliphatic carbocycles. The van der Waals surface area contributed by atoms with E-state index < -0.39 is 11.2 Å². The van der Waals surface area contributed by atoms with E-state index >= 15 is 0 Å². The molecule has 1 saturated carbocycles. The number of aromatic amines is 2. The maximum absolute atomic E-state index is 12.0. The van der Waals surface area contributed by atoms with Crippen molar-refractivity contribution in [1.82, 2.24) is 20.2 Å². The standard InChI is InChI=1S/C21H14N6O2/c22-9-13-3-1-12(2-4-13)5-6-14-7-15(14)16-8-18(26-27-19(16)10-23)17-11-24-21(29)25-20(17)28/h1-6,8,11,14-15H,7H2,(H2,24,25,28,29)/b6-5+/t14-,15-/m0/s1. The minimum atomic E-state index is -0.601. The molecule has 0 bridgehead atoms. The third-order valence-corrected chi connectivity index (χ3v) is 4.84. The third kappa shape index (κ3) is 3.73. The maximum atomic E-state index is 12.0. The van der Waals surface area contributed by atoms with Crippen molar-refractivity contribution >= 4 is 6.08 Å². The molecular formula is C21H14N6O2. The number of rotatable bonds is 4. The van der Waals surface area contributed by atoms with Gasteiger partial charge in [0, 0.05) is 6.20 Å². The molecule has 4 rings (SSSR count). The van der Waals surface area contributed by atoms with Crippen LogP contribution >= 0.6 is 0 Å². The van der Waals surface area contributed by atoms with Crippen LogP contribution < -0.4 is 11.2 Å². The average molecular weight is 382 g/mol. The highest BCUT2D eigenvalue weighted by Gasteiger charge is 2.38. The quantitative estimate of drug-likeness (QED) is 0.708. The summed E-state index contributed by atoms with van der Waals surface area (Å²) < 4.78 is 0. The molecule has 2 N–H and O–H groups in total. The molecule has 3 aromatic rings. The molecule has 8 heteroatoms. The summed E-state index contributed by atoms with van der Waals surface area (Å²) in [7, 11) is 0. The van der Waals surface area contributed by atoms with Gasteiger partial charge >= 0.3 is 5.69 Å². The van der Waals surface area contributed by atoms with Gasteiger partial charge in [0.25, 0.3) is 5.56 Å². The predicted octanol–water partition coefficient (Wildman–Crippen LogP) is 2.08. The van der Waals surface area contributed by atoms with Crippen molar-refractivity contribution in [2.45, 2.75) is 12.3 Å². The van der Waals surface area contributed by atoms with Gasteiger partial charge < -0.3 is 4.98 Å². The molecule has 8 nitrogen and oxygen atoms in total. The van der Waals surface area contributed by atoms with Crippen LogP contribution in [0.25, 0.3) is 17.3 Å². The van der Waals surface area contributed by atoms with Crippen molar-refractivity contribution in [3.05, 3.63) is 85.8 Å². The lowest BCUT2D eigenvalue weighted by molar-refractivity contribution is 0.930. The number of nitrogens with one attached hydrogen (secondary N) is 2. The summed E-state index contributed by atoms with van der Waals surface area (Å²) >= 11 is 0. The van der Waals surface area contributed by atoms with Gasteiger partial charge in [-0.1, -0.05) is 24.3 Å². The van der Waals surface area contributed by atoms with E-state index in [1.165, 1.54) is 6.20 Å². The zero-order chi connectivity index (χ0) is 20.4. The van der Waals surface area contributed by atoms with Crippen LogP contribution in [0.1, 0.15) is 34.7 Å². The molecule has 2 aromatic heterocycles. The van der Waals surface area contributed by atoms with Gasteiger partial charge in [0.2, 0.25) is 0 Å². The van der Waals surface area contributed by atoms with Gasteiger partial charge in [-0.25, -0.2) is 4.79 Å². The fourth-order valence-electron chi connectivity index (χ4n) is 3.20. The summed E-state index contributed by atoms with van der Waals surface area (Å²) in [6, 6.07) is 13.1. The molecule has 0 spiro atoms. The number of aromatic nitrogens is 4. The predicted molar refractivity (Wildman–Crippen MR) is 104 cm³/mol. The Bertz CT molecular complexity index is 1300. The van der Waals surface area contributed by atoms with Crippen molar-refractivity contribution in [3.8, 4) is 23.4 Å². The van der Waals surface area contributed by atoms with Crippen LogP contribution in [-0.2, 0) is 0 Å². The van der Waals surface area contributed by atoms with Crippen LogP contribution in [0.5, 0.6) is 0 Å². The van der Waals surface area contributed by atoms with Crippen LogP contribution in [0.3, 0.4) is 0 Å². The first-order chi connectivity index (χ1) is 14.1. The van der Waals surface area contributed by atoms with Crippen molar-refractivity contribution in [3.63, 3.8) is 0 Å². The Labute approximate surface area is 164 Å². The minimum absolute atomic E-state index is 0.107. The topological polar surface area (TPSA) is 139 Å². The summed E-state index contributed by atoms with van der Waals surface area (Å²) in [6.07, 6.45) is 6.20. The molecule has 2 atom stereocenters. The Morgan fingerprint density at radius 1 is 1.10 bits per heavy atom. The monoisotopic (exact) mass is 382 g/mol. The van der Waals surface area contributed by atoms with E-state index in [1.807, 2.05) is 18.2 Å². The number of H-pyrrole nitrogens is 2. The van der Waals surface area contributed by atoms with E-state index in [1.54, 1.807) is 18.2 Å². The maximum Gasteiger partial charge on any atom is 0.325 e. The third-order valence-electron chi connectivity index (χ3n) is 4.84. The van der Waals surface area contributed by atoms with Crippen LogP contribution in [0.2, 0.25) is 0 Å². The van der Waals surface area contributed by atoms with Gasteiger partial charge in [-0.05, 0) is 47.6 Å². The highest BCUT2D eigenvalue weighted by Crippen LogP contribution is 2.49. The fourth-order valence-corrected chi connectivity index (χ4v) is 3.20. The van der Waals surface area contributed by atoms with Crippen LogP contribution in [0.15, 0.2) is 52.2 Å². The first kappa shape index (κ1) is 18.1. The van der Waals surface area contributed by atoms with Gasteiger partial charge in [-0.3, -0.25) is 9.78 Å². The lowest BCUT2D eigenvalue weighted by Crippen LogP contribution is -2.23. The Morgan fingerprint density at radius 2 is 1.90 bits per heavy atom. The number of allylic oxidation sites excluding steroid dienone is 1. The molecule has 2 heterocycles. The van der Waals surface area contributed by atoms with Gasteiger partial charge in [0.15, 0.2) is 5.69 Å². The zero-order valence-corrected chi connectivity index (χ0v) is 15.1. The molecule has 29 heavy (non-hydrogen) atoms. The zero-order valence-electron chi connectivity index (χ0n) is 15.1. The average Bonchev–Trinajstić information content (AvgIpc) is 3.52. The molecule has 0 radical (unpaired) electrons. The van der Waals surface area contributed by atoms with Gasteiger partial charge in [0.05, 0.1) is 17.2 Å². The van der Waals surface area contributed by atoms with E-state index in [0.29, 0.717) is 11.3 Å². The van der Waals surface area contributed by atoms with Gasteiger partial charge in [-0.15, -0.1) is 10.2 Å². The van der Waals surface area contributed by atoms with Crippen LogP contribution in [-0.4, -0.2) is 20.2 Å². The first-order valence-electron chi connectivity index (χ1n) is 8.87. The minimum Gasteiger partial charge on any atom is -0.313 e. The number of hydrogen-bond donors (Lipinski definition) is 2. The number of benzene rings is 1. The number of hydrogen-bond acceptors (Lipinski definition) is 6. The Balaban J connectivity index is 1.59. The number of nitriles is 2. The van der Waals surface area contributed by atoms with Gasteiger partial charge in [-0.2, -0.15) is 10.5 Å². The second kappa shape index (κ2) is 7.37. The highest BCUT2D eigenvalue weighted by molar-refractivity contribution is 5.59. The summed E-state index contributed by atoms with van der Waals surface area (Å²) in [5.74, 6) is 0.346. The molecular weight excluding hydrogens is 368 g/mol. The largest absolute Gasteiger partial charge is 0.325 e. The molecule has 1 aromatic carbocycles. The molecule has 0 amide bonds. The highest BCUT2D eigenvalue weighted by atomic mass is 16.2.